The molecule has 1 aromatic carbocycles. The summed E-state index contributed by atoms with van der Waals surface area (Å²) in [5.74, 6) is 0.425. The van der Waals surface area contributed by atoms with Crippen LogP contribution in [0.5, 0.6) is 5.75 Å². The largest absolute Gasteiger partial charge is 0.490 e. The van der Waals surface area contributed by atoms with Crippen molar-refractivity contribution in [1.29, 1.82) is 0 Å². The number of carboxylic acids is 1. The molecule has 3 fully saturated rings. The Morgan fingerprint density at radius 2 is 1.90 bits per heavy atom. The Morgan fingerprint density at radius 3 is 2.52 bits per heavy atom. The number of halogens is 1. The summed E-state index contributed by atoms with van der Waals surface area (Å²) in [4.78, 5) is 16.7. The van der Waals surface area contributed by atoms with Crippen LogP contribution in [0.4, 0.5) is 5.69 Å². The van der Waals surface area contributed by atoms with Gasteiger partial charge < -0.3 is 24.4 Å². The molecule has 31 heavy (non-hydrogen) atoms. The quantitative estimate of drug-likeness (QED) is 0.650. The van der Waals surface area contributed by atoms with E-state index in [0.717, 1.165) is 57.0 Å². The zero-order valence-corrected chi connectivity index (χ0v) is 19.4. The number of hydrogen-bond donors (Lipinski definition) is 1. The van der Waals surface area contributed by atoms with Gasteiger partial charge in [0, 0.05) is 50.8 Å². The fourth-order valence-electron chi connectivity index (χ4n) is 5.16. The molecular weight excluding hydrogens is 416 g/mol. The van der Waals surface area contributed by atoms with Crippen LogP contribution in [0, 0.1) is 5.92 Å². The van der Waals surface area contributed by atoms with Crippen molar-refractivity contribution in [1.82, 2.24) is 4.90 Å². The standard InChI is InChI=1S/C24H35ClN2O4/c1-3-27(17-6-10-30-11-7-17)22-15-20(14-21(23(22)25)24(28)29)31-19-12-18(13-19)26-8-4-16(2)5-9-26/h14-19H,3-13H2,1-2H3,(H,28,29). The summed E-state index contributed by atoms with van der Waals surface area (Å²) in [6.07, 6.45) is 6.54. The molecule has 2 heterocycles. The number of benzene rings is 1. The molecule has 1 saturated carbocycles. The highest BCUT2D eigenvalue weighted by atomic mass is 35.5. The highest BCUT2D eigenvalue weighted by Gasteiger charge is 2.36. The number of likely N-dealkylation sites (tertiary alicyclic amines) is 1. The number of rotatable bonds is 7. The second-order valence-electron chi connectivity index (χ2n) is 9.32. The van der Waals surface area contributed by atoms with Gasteiger partial charge in [-0.1, -0.05) is 18.5 Å². The lowest BCUT2D eigenvalue weighted by atomic mass is 9.85. The third-order valence-corrected chi connectivity index (χ3v) is 7.64. The van der Waals surface area contributed by atoms with E-state index in [4.69, 9.17) is 21.1 Å². The minimum atomic E-state index is -1.02. The Labute approximate surface area is 190 Å². The minimum Gasteiger partial charge on any atom is -0.490 e. The first-order chi connectivity index (χ1) is 15.0. The van der Waals surface area contributed by atoms with E-state index in [9.17, 15) is 9.90 Å². The van der Waals surface area contributed by atoms with Gasteiger partial charge in [0.15, 0.2) is 0 Å². The minimum absolute atomic E-state index is 0.112. The molecular formula is C24H35ClN2O4. The summed E-state index contributed by atoms with van der Waals surface area (Å²) in [5, 5.41) is 10.0. The van der Waals surface area contributed by atoms with Gasteiger partial charge in [0.25, 0.3) is 0 Å². The summed E-state index contributed by atoms with van der Waals surface area (Å²) < 4.78 is 11.8. The van der Waals surface area contributed by atoms with Gasteiger partial charge in [-0.3, -0.25) is 0 Å². The molecule has 0 bridgehead atoms. The van der Waals surface area contributed by atoms with Gasteiger partial charge in [-0.2, -0.15) is 0 Å². The van der Waals surface area contributed by atoms with Crippen LogP contribution in [0.25, 0.3) is 0 Å². The van der Waals surface area contributed by atoms with Gasteiger partial charge >= 0.3 is 5.97 Å². The number of carboxylic acid groups (broad SMARTS) is 1. The fourth-order valence-corrected chi connectivity index (χ4v) is 5.45. The summed E-state index contributed by atoms with van der Waals surface area (Å²) in [7, 11) is 0. The Morgan fingerprint density at radius 1 is 1.23 bits per heavy atom. The number of ether oxygens (including phenoxy) is 2. The first-order valence-corrected chi connectivity index (χ1v) is 12.2. The van der Waals surface area contributed by atoms with Crippen molar-refractivity contribution in [3.05, 3.63) is 22.7 Å². The third-order valence-electron chi connectivity index (χ3n) is 7.25. The van der Waals surface area contributed by atoms with Crippen LogP contribution >= 0.6 is 11.6 Å². The van der Waals surface area contributed by atoms with E-state index in [0.29, 0.717) is 22.9 Å². The second kappa shape index (κ2) is 9.97. The molecule has 7 heteroatoms. The molecule has 2 saturated heterocycles. The Hall–Kier alpha value is -1.50. The Kier molecular flexibility index (Phi) is 7.29. The average molecular weight is 451 g/mol. The van der Waals surface area contributed by atoms with Crippen molar-refractivity contribution in [3.8, 4) is 5.75 Å². The summed E-state index contributed by atoms with van der Waals surface area (Å²) in [6.45, 7) is 8.98. The Bertz CT molecular complexity index is 769. The zero-order valence-electron chi connectivity index (χ0n) is 18.7. The van der Waals surface area contributed by atoms with Gasteiger partial charge in [-0.15, -0.1) is 0 Å². The van der Waals surface area contributed by atoms with Crippen LogP contribution in [-0.4, -0.2) is 67.0 Å². The van der Waals surface area contributed by atoms with Crippen molar-refractivity contribution >= 4 is 23.3 Å². The number of hydrogen-bond acceptors (Lipinski definition) is 5. The number of nitrogens with zero attached hydrogens (tertiary/aromatic N) is 2. The van der Waals surface area contributed by atoms with Crippen molar-refractivity contribution in [2.24, 2.45) is 5.92 Å². The molecule has 0 spiro atoms. The highest BCUT2D eigenvalue weighted by Crippen LogP contribution is 2.39. The molecule has 1 aliphatic carbocycles. The van der Waals surface area contributed by atoms with E-state index >= 15 is 0 Å². The Balaban J connectivity index is 1.47. The smallest absolute Gasteiger partial charge is 0.337 e. The van der Waals surface area contributed by atoms with Gasteiger partial charge in [0.2, 0.25) is 0 Å². The lowest BCUT2D eigenvalue weighted by molar-refractivity contribution is 0.00302. The molecule has 0 unspecified atom stereocenters. The summed E-state index contributed by atoms with van der Waals surface area (Å²) in [6, 6.07) is 4.41. The molecule has 0 aromatic heterocycles. The van der Waals surface area contributed by atoms with Crippen molar-refractivity contribution in [3.63, 3.8) is 0 Å². The maximum absolute atomic E-state index is 11.9. The van der Waals surface area contributed by atoms with Crippen LogP contribution in [0.1, 0.15) is 62.7 Å². The second-order valence-corrected chi connectivity index (χ2v) is 9.70. The van der Waals surface area contributed by atoms with Gasteiger partial charge in [0.05, 0.1) is 16.3 Å². The molecule has 0 radical (unpaired) electrons. The maximum Gasteiger partial charge on any atom is 0.337 e. The molecule has 172 valence electrons. The van der Waals surface area contributed by atoms with Crippen LogP contribution < -0.4 is 9.64 Å². The topological polar surface area (TPSA) is 62.2 Å². The average Bonchev–Trinajstić information content (AvgIpc) is 2.74. The molecule has 6 nitrogen and oxygen atoms in total. The molecule has 0 amide bonds. The molecule has 3 aliphatic rings. The zero-order chi connectivity index (χ0) is 22.0. The van der Waals surface area contributed by atoms with Gasteiger partial charge in [-0.05, 0) is 57.7 Å². The lowest BCUT2D eigenvalue weighted by Crippen LogP contribution is -2.51. The number of aromatic carboxylic acids is 1. The third kappa shape index (κ3) is 5.12. The van der Waals surface area contributed by atoms with Crippen LogP contribution in [0.2, 0.25) is 5.02 Å². The van der Waals surface area contributed by atoms with Gasteiger partial charge in [-0.25, -0.2) is 4.79 Å². The first kappa shape index (κ1) is 22.7. The van der Waals surface area contributed by atoms with Crippen LogP contribution in [0.15, 0.2) is 12.1 Å². The number of anilines is 1. The number of piperidine rings is 1. The molecule has 4 rings (SSSR count). The molecule has 1 aromatic rings. The monoisotopic (exact) mass is 450 g/mol. The van der Waals surface area contributed by atoms with E-state index in [1.54, 1.807) is 6.07 Å². The summed E-state index contributed by atoms with van der Waals surface area (Å²) in [5.41, 5.74) is 0.868. The lowest BCUT2D eigenvalue weighted by Gasteiger charge is -2.45. The van der Waals surface area contributed by atoms with Crippen molar-refractivity contribution in [2.45, 2.75) is 70.6 Å². The van der Waals surface area contributed by atoms with E-state index in [2.05, 4.69) is 23.6 Å². The predicted molar refractivity (Wildman–Crippen MR) is 123 cm³/mol. The summed E-state index contributed by atoms with van der Waals surface area (Å²) >= 11 is 6.57. The van der Waals surface area contributed by atoms with E-state index in [-0.39, 0.29) is 11.7 Å². The predicted octanol–water partition coefficient (Wildman–Crippen LogP) is 4.69. The van der Waals surface area contributed by atoms with Crippen molar-refractivity contribution in [2.75, 3.05) is 37.7 Å². The fraction of sp³-hybridized carbons (Fsp3) is 0.708. The maximum atomic E-state index is 11.9. The first-order valence-electron chi connectivity index (χ1n) is 11.8. The van der Waals surface area contributed by atoms with Crippen LogP contribution in [0.3, 0.4) is 0 Å². The molecule has 0 atom stereocenters. The van der Waals surface area contributed by atoms with Gasteiger partial charge in [0.1, 0.15) is 11.9 Å². The highest BCUT2D eigenvalue weighted by molar-refractivity contribution is 6.36. The number of carbonyl (C=O) groups is 1. The molecule has 2 aliphatic heterocycles. The normalized spacial score (nSPS) is 25.8. The van der Waals surface area contributed by atoms with E-state index < -0.39 is 5.97 Å². The van der Waals surface area contributed by atoms with Crippen molar-refractivity contribution < 1.29 is 19.4 Å². The van der Waals surface area contributed by atoms with Crippen LogP contribution in [-0.2, 0) is 4.74 Å². The van der Waals surface area contributed by atoms with E-state index in [1.807, 2.05) is 6.07 Å². The SMILES string of the molecule is CCN(c1cc(OC2CC(N3CCC(C)CC3)C2)cc(C(=O)O)c1Cl)C1CCOCC1. The molecule has 1 N–H and O–H groups in total. The van der Waals surface area contributed by atoms with E-state index in [1.165, 1.54) is 25.9 Å².